The molecule has 2 aliphatic heterocycles. The quantitative estimate of drug-likeness (QED) is 0.862. The lowest BCUT2D eigenvalue weighted by atomic mass is 9.74. The van der Waals surface area contributed by atoms with E-state index in [2.05, 4.69) is 29.6 Å². The zero-order chi connectivity index (χ0) is 15.7. The Labute approximate surface area is 143 Å². The minimum absolute atomic E-state index is 0.0279. The molecule has 0 aromatic rings. The van der Waals surface area contributed by atoms with E-state index in [1.807, 2.05) is 11.8 Å². The van der Waals surface area contributed by atoms with Gasteiger partial charge in [-0.25, -0.2) is 0 Å². The normalized spacial score (nSPS) is 36.3. The molecule has 0 bridgehead atoms. The van der Waals surface area contributed by atoms with Gasteiger partial charge in [0.05, 0.1) is 16.4 Å². The number of nitrogens with zero attached hydrogens (tertiary/aromatic N) is 1. The molecular weight excluding hydrogens is 304 g/mol. The summed E-state index contributed by atoms with van der Waals surface area (Å²) in [5, 5.41) is 3.29. The minimum atomic E-state index is -0.0279. The Morgan fingerprint density at radius 3 is 3.00 bits per heavy atom. The lowest BCUT2D eigenvalue weighted by molar-refractivity contribution is -0.126. The van der Waals surface area contributed by atoms with Crippen LogP contribution in [0.5, 0.6) is 0 Å². The van der Waals surface area contributed by atoms with Gasteiger partial charge < -0.3 is 5.32 Å². The van der Waals surface area contributed by atoms with E-state index in [4.69, 9.17) is 4.99 Å². The van der Waals surface area contributed by atoms with Crippen molar-refractivity contribution < 1.29 is 4.79 Å². The number of thioether (sulfide) groups is 1. The van der Waals surface area contributed by atoms with E-state index in [1.165, 1.54) is 37.8 Å². The fourth-order valence-electron chi connectivity index (χ4n) is 4.69. The predicted octanol–water partition coefficient (Wildman–Crippen LogP) is 3.37. The van der Waals surface area contributed by atoms with Gasteiger partial charge in [-0.2, -0.15) is 0 Å². The Morgan fingerprint density at radius 2 is 2.13 bits per heavy atom. The monoisotopic (exact) mass is 330 g/mol. The van der Waals surface area contributed by atoms with Crippen LogP contribution in [0.15, 0.2) is 29.3 Å². The fraction of sp³-hybridized carbons (Fsp3) is 0.684. The van der Waals surface area contributed by atoms with E-state index in [0.717, 1.165) is 25.3 Å². The van der Waals surface area contributed by atoms with Gasteiger partial charge in [-0.15, -0.1) is 11.8 Å². The maximum Gasteiger partial charge on any atom is 0.224 e. The molecule has 0 aromatic heterocycles. The topological polar surface area (TPSA) is 41.5 Å². The number of hydrogen-bond acceptors (Lipinski definition) is 3. The Hall–Kier alpha value is -1.03. The lowest BCUT2D eigenvalue weighted by Crippen LogP contribution is -2.47. The Kier molecular flexibility index (Phi) is 4.35. The molecule has 124 valence electrons. The van der Waals surface area contributed by atoms with E-state index in [9.17, 15) is 4.79 Å². The first kappa shape index (κ1) is 15.5. The summed E-state index contributed by atoms with van der Waals surface area (Å²) in [4.78, 5) is 17.5. The molecule has 1 saturated carbocycles. The van der Waals surface area contributed by atoms with Gasteiger partial charge in [-0.1, -0.05) is 37.5 Å². The summed E-state index contributed by atoms with van der Waals surface area (Å²) >= 11 is 1.93. The molecule has 3 unspecified atom stereocenters. The van der Waals surface area contributed by atoms with Crippen LogP contribution in [0.2, 0.25) is 0 Å². The molecule has 1 amide bonds. The first-order chi connectivity index (χ1) is 11.3. The second-order valence-corrected chi connectivity index (χ2v) is 8.64. The highest BCUT2D eigenvalue weighted by Crippen LogP contribution is 2.52. The number of amides is 1. The highest BCUT2D eigenvalue weighted by molar-refractivity contribution is 8.02. The highest BCUT2D eigenvalue weighted by atomic mass is 32.2. The standard InChI is InChI=1S/C19H26N2OS/c22-18(21-12-14-6-2-1-3-7-14)15-13-23-19-10-5-4-8-17(19)20-11-9-16(15)19/h4-5,8,10,14-16H,1-3,6-7,9,11-13H2,(H,21,22). The Bertz CT molecular complexity index is 562. The van der Waals surface area contributed by atoms with Crippen molar-refractivity contribution in [1.82, 2.24) is 5.32 Å². The molecule has 23 heavy (non-hydrogen) atoms. The maximum absolute atomic E-state index is 12.8. The van der Waals surface area contributed by atoms with Crippen LogP contribution < -0.4 is 5.32 Å². The van der Waals surface area contributed by atoms with Crippen LogP contribution >= 0.6 is 11.8 Å². The second-order valence-electron chi connectivity index (χ2n) is 7.34. The minimum Gasteiger partial charge on any atom is -0.356 e. The van der Waals surface area contributed by atoms with Gasteiger partial charge >= 0.3 is 0 Å². The number of hydrogen-bond donors (Lipinski definition) is 1. The van der Waals surface area contributed by atoms with Gasteiger partial charge in [0.2, 0.25) is 5.91 Å². The number of carbonyl (C=O) groups excluding carboxylic acids is 1. The summed E-state index contributed by atoms with van der Waals surface area (Å²) < 4.78 is -0.0279. The van der Waals surface area contributed by atoms with Crippen molar-refractivity contribution in [2.45, 2.75) is 43.3 Å². The molecular formula is C19H26N2OS. The third kappa shape index (κ3) is 2.79. The van der Waals surface area contributed by atoms with Crippen LogP contribution in [-0.2, 0) is 4.79 Å². The molecule has 0 aromatic carbocycles. The number of aliphatic imine (C=N–C) groups is 1. The first-order valence-electron chi connectivity index (χ1n) is 9.12. The van der Waals surface area contributed by atoms with Gasteiger partial charge in [0.1, 0.15) is 0 Å². The predicted molar refractivity (Wildman–Crippen MR) is 97.0 cm³/mol. The highest BCUT2D eigenvalue weighted by Gasteiger charge is 2.53. The van der Waals surface area contributed by atoms with E-state index < -0.39 is 0 Å². The zero-order valence-corrected chi connectivity index (χ0v) is 14.5. The van der Waals surface area contributed by atoms with Crippen molar-refractivity contribution >= 4 is 23.4 Å². The van der Waals surface area contributed by atoms with Crippen molar-refractivity contribution in [3.8, 4) is 0 Å². The molecule has 4 heteroatoms. The van der Waals surface area contributed by atoms with Crippen LogP contribution in [0.25, 0.3) is 0 Å². The molecule has 2 heterocycles. The van der Waals surface area contributed by atoms with Crippen LogP contribution in [0.4, 0.5) is 0 Å². The molecule has 4 rings (SSSR count). The van der Waals surface area contributed by atoms with Crippen molar-refractivity contribution in [2.24, 2.45) is 22.7 Å². The van der Waals surface area contributed by atoms with Crippen LogP contribution in [0, 0.1) is 17.8 Å². The van der Waals surface area contributed by atoms with Crippen LogP contribution in [0.3, 0.4) is 0 Å². The number of rotatable bonds is 3. The summed E-state index contributed by atoms with van der Waals surface area (Å²) in [5.74, 6) is 2.47. The van der Waals surface area contributed by atoms with Crippen molar-refractivity contribution in [3.05, 3.63) is 24.3 Å². The summed E-state index contributed by atoms with van der Waals surface area (Å²) in [6.07, 6.45) is 16.3. The lowest BCUT2D eigenvalue weighted by Gasteiger charge is -2.38. The molecule has 1 spiro atoms. The summed E-state index contributed by atoms with van der Waals surface area (Å²) in [7, 11) is 0. The fourth-order valence-corrected chi connectivity index (χ4v) is 6.48. The van der Waals surface area contributed by atoms with E-state index in [0.29, 0.717) is 11.8 Å². The molecule has 3 nitrogen and oxygen atoms in total. The van der Waals surface area contributed by atoms with E-state index in [1.54, 1.807) is 0 Å². The third-order valence-corrected chi connectivity index (χ3v) is 7.65. The van der Waals surface area contributed by atoms with Crippen molar-refractivity contribution in [3.63, 3.8) is 0 Å². The largest absolute Gasteiger partial charge is 0.356 e. The molecule has 1 N–H and O–H groups in total. The van der Waals surface area contributed by atoms with Crippen LogP contribution in [0.1, 0.15) is 38.5 Å². The molecule has 1 saturated heterocycles. The molecule has 0 radical (unpaired) electrons. The summed E-state index contributed by atoms with van der Waals surface area (Å²) in [5.41, 5.74) is 1.18. The summed E-state index contributed by atoms with van der Waals surface area (Å²) in [6, 6.07) is 0. The number of carbonyl (C=O) groups is 1. The Morgan fingerprint density at radius 1 is 1.26 bits per heavy atom. The SMILES string of the molecule is O=C(NCC1CCCCC1)C1CSC23C=CC=CC2=NCCC13. The average molecular weight is 330 g/mol. The molecule has 3 atom stereocenters. The van der Waals surface area contributed by atoms with Crippen molar-refractivity contribution in [2.75, 3.05) is 18.8 Å². The van der Waals surface area contributed by atoms with Gasteiger partial charge in [-0.05, 0) is 37.2 Å². The zero-order valence-electron chi connectivity index (χ0n) is 13.7. The first-order valence-corrected chi connectivity index (χ1v) is 10.1. The van der Waals surface area contributed by atoms with Gasteiger partial charge in [0.15, 0.2) is 0 Å². The number of nitrogens with one attached hydrogen (secondary N) is 1. The van der Waals surface area contributed by atoms with Gasteiger partial charge in [0, 0.05) is 18.8 Å². The smallest absolute Gasteiger partial charge is 0.224 e. The third-order valence-electron chi connectivity index (χ3n) is 6.00. The molecule has 2 fully saturated rings. The van der Waals surface area contributed by atoms with E-state index >= 15 is 0 Å². The van der Waals surface area contributed by atoms with Gasteiger partial charge in [0.25, 0.3) is 0 Å². The maximum atomic E-state index is 12.8. The van der Waals surface area contributed by atoms with Gasteiger partial charge in [-0.3, -0.25) is 9.79 Å². The second kappa shape index (κ2) is 6.46. The molecule has 2 aliphatic carbocycles. The van der Waals surface area contributed by atoms with E-state index in [-0.39, 0.29) is 16.6 Å². The van der Waals surface area contributed by atoms with Crippen molar-refractivity contribution in [1.29, 1.82) is 0 Å². The molecule has 4 aliphatic rings. The van der Waals surface area contributed by atoms with Crippen LogP contribution in [-0.4, -0.2) is 35.2 Å². The summed E-state index contributed by atoms with van der Waals surface area (Å²) in [6.45, 7) is 1.75. The average Bonchev–Trinajstić information content (AvgIpc) is 2.98. The number of allylic oxidation sites excluding steroid dienone is 3. The Balaban J connectivity index is 1.42.